The van der Waals surface area contributed by atoms with E-state index in [0.717, 1.165) is 62.3 Å². The molecule has 0 aliphatic carbocycles. The second-order valence-electron chi connectivity index (χ2n) is 9.63. The molecule has 3 aromatic carbocycles. The van der Waals surface area contributed by atoms with Gasteiger partial charge in [0.25, 0.3) is 11.8 Å². The van der Waals surface area contributed by atoms with Crippen LogP contribution in [0, 0.1) is 5.92 Å². The number of ether oxygens (including phenoxy) is 1. The SMILES string of the molecule is COCCNC(=O)c1cc(NC(=O)c2ccc(C(F)(F)F)cc2)ccc1N1CCC(Cc2ccccc2)CC1. The molecule has 206 valence electrons. The Kier molecular flexibility index (Phi) is 9.24. The number of alkyl halides is 3. The highest BCUT2D eigenvalue weighted by Gasteiger charge is 2.30. The van der Waals surface area contributed by atoms with Gasteiger partial charge >= 0.3 is 6.18 Å². The van der Waals surface area contributed by atoms with E-state index in [2.05, 4.69) is 39.8 Å². The zero-order valence-corrected chi connectivity index (χ0v) is 21.8. The molecule has 1 heterocycles. The number of carbonyl (C=O) groups is 2. The molecule has 3 aromatic rings. The fourth-order valence-electron chi connectivity index (χ4n) is 4.77. The van der Waals surface area contributed by atoms with Gasteiger partial charge in [0.2, 0.25) is 0 Å². The van der Waals surface area contributed by atoms with Gasteiger partial charge in [0, 0.05) is 43.7 Å². The Hall–Kier alpha value is -3.85. The highest BCUT2D eigenvalue weighted by atomic mass is 19.4. The van der Waals surface area contributed by atoms with E-state index in [0.29, 0.717) is 30.3 Å². The van der Waals surface area contributed by atoms with Crippen molar-refractivity contribution in [2.75, 3.05) is 43.6 Å². The fourth-order valence-corrected chi connectivity index (χ4v) is 4.77. The molecule has 0 spiro atoms. The summed E-state index contributed by atoms with van der Waals surface area (Å²) >= 11 is 0. The quantitative estimate of drug-likeness (QED) is 0.338. The summed E-state index contributed by atoms with van der Waals surface area (Å²) in [4.78, 5) is 28.0. The minimum atomic E-state index is -4.48. The number of methoxy groups -OCH3 is 1. The molecule has 1 aliphatic heterocycles. The number of benzene rings is 3. The number of nitrogens with zero attached hydrogens (tertiary/aromatic N) is 1. The fraction of sp³-hybridized carbons (Fsp3) is 0.333. The minimum Gasteiger partial charge on any atom is -0.383 e. The minimum absolute atomic E-state index is 0.0821. The van der Waals surface area contributed by atoms with E-state index < -0.39 is 17.6 Å². The van der Waals surface area contributed by atoms with Gasteiger partial charge in [-0.1, -0.05) is 30.3 Å². The number of piperidine rings is 1. The smallest absolute Gasteiger partial charge is 0.383 e. The molecule has 2 amide bonds. The van der Waals surface area contributed by atoms with Gasteiger partial charge in [-0.2, -0.15) is 13.2 Å². The van der Waals surface area contributed by atoms with Crippen LogP contribution in [-0.4, -0.2) is 45.2 Å². The van der Waals surface area contributed by atoms with Crippen LogP contribution < -0.4 is 15.5 Å². The van der Waals surface area contributed by atoms with Gasteiger partial charge in [0.15, 0.2) is 0 Å². The summed E-state index contributed by atoms with van der Waals surface area (Å²) in [6.45, 7) is 2.28. The van der Waals surface area contributed by atoms with Crippen molar-refractivity contribution in [3.63, 3.8) is 0 Å². The third-order valence-corrected chi connectivity index (χ3v) is 6.89. The number of halogens is 3. The number of rotatable bonds is 9. The second-order valence-corrected chi connectivity index (χ2v) is 9.63. The maximum absolute atomic E-state index is 13.1. The molecular weight excluding hydrogens is 507 g/mol. The Morgan fingerprint density at radius 2 is 1.64 bits per heavy atom. The van der Waals surface area contributed by atoms with E-state index in [1.165, 1.54) is 5.56 Å². The summed E-state index contributed by atoms with van der Waals surface area (Å²) in [5.41, 5.74) is 2.14. The van der Waals surface area contributed by atoms with E-state index in [1.807, 2.05) is 12.1 Å². The lowest BCUT2D eigenvalue weighted by Gasteiger charge is -2.35. The number of amides is 2. The van der Waals surface area contributed by atoms with Crippen LogP contribution in [0.1, 0.15) is 44.7 Å². The van der Waals surface area contributed by atoms with E-state index in [4.69, 9.17) is 4.74 Å². The normalized spacial score (nSPS) is 14.2. The second kappa shape index (κ2) is 12.8. The Labute approximate surface area is 226 Å². The van der Waals surface area contributed by atoms with Crippen molar-refractivity contribution in [2.24, 2.45) is 5.92 Å². The van der Waals surface area contributed by atoms with Crippen LogP contribution >= 0.6 is 0 Å². The van der Waals surface area contributed by atoms with Crippen molar-refractivity contribution >= 4 is 23.2 Å². The van der Waals surface area contributed by atoms with E-state index >= 15 is 0 Å². The highest BCUT2D eigenvalue weighted by Crippen LogP contribution is 2.31. The monoisotopic (exact) mass is 539 g/mol. The van der Waals surface area contributed by atoms with Gasteiger partial charge in [0.1, 0.15) is 0 Å². The predicted octanol–water partition coefficient (Wildman–Crippen LogP) is 5.79. The first-order valence-electron chi connectivity index (χ1n) is 12.9. The average Bonchev–Trinajstić information content (AvgIpc) is 2.94. The molecule has 0 bridgehead atoms. The Morgan fingerprint density at radius 1 is 0.949 bits per heavy atom. The van der Waals surface area contributed by atoms with Gasteiger partial charge in [-0.15, -0.1) is 0 Å². The van der Waals surface area contributed by atoms with Crippen molar-refractivity contribution in [2.45, 2.75) is 25.4 Å². The van der Waals surface area contributed by atoms with Crippen molar-refractivity contribution < 1.29 is 27.5 Å². The molecule has 1 fully saturated rings. The average molecular weight is 540 g/mol. The van der Waals surface area contributed by atoms with Crippen LogP contribution in [0.5, 0.6) is 0 Å². The van der Waals surface area contributed by atoms with E-state index in [9.17, 15) is 22.8 Å². The summed E-state index contributed by atoms with van der Waals surface area (Å²) in [6, 6.07) is 19.5. The van der Waals surface area contributed by atoms with E-state index in [1.54, 1.807) is 19.2 Å². The molecule has 0 atom stereocenters. The molecule has 4 rings (SSSR count). The first kappa shape index (κ1) is 28.2. The topological polar surface area (TPSA) is 70.7 Å². The molecule has 39 heavy (non-hydrogen) atoms. The van der Waals surface area contributed by atoms with Gasteiger partial charge in [-0.3, -0.25) is 9.59 Å². The number of carbonyl (C=O) groups excluding carboxylic acids is 2. The standard InChI is InChI=1S/C30H32F3N3O3/c1-39-18-15-34-29(38)26-20-25(35-28(37)23-7-9-24(10-8-23)30(31,32)33)11-12-27(26)36-16-13-22(14-17-36)19-21-5-3-2-4-6-21/h2-12,20,22H,13-19H2,1H3,(H,34,38)(H,35,37). The maximum atomic E-state index is 13.1. The first-order chi connectivity index (χ1) is 18.7. The molecule has 6 nitrogen and oxygen atoms in total. The van der Waals surface area contributed by atoms with Crippen molar-refractivity contribution in [3.8, 4) is 0 Å². The van der Waals surface area contributed by atoms with Crippen molar-refractivity contribution in [1.29, 1.82) is 0 Å². The molecular formula is C30H32F3N3O3. The lowest BCUT2D eigenvalue weighted by molar-refractivity contribution is -0.137. The summed E-state index contributed by atoms with van der Waals surface area (Å²) in [5, 5.41) is 5.54. The Bertz CT molecular complexity index is 1260. The van der Waals surface area contributed by atoms with Gasteiger partial charge in [-0.05, 0) is 73.2 Å². The summed E-state index contributed by atoms with van der Waals surface area (Å²) in [6.07, 6.45) is -1.47. The number of hydrogen-bond donors (Lipinski definition) is 2. The lowest BCUT2D eigenvalue weighted by atomic mass is 9.89. The number of hydrogen-bond acceptors (Lipinski definition) is 4. The zero-order chi connectivity index (χ0) is 27.8. The lowest BCUT2D eigenvalue weighted by Crippen LogP contribution is -2.36. The summed E-state index contributed by atoms with van der Waals surface area (Å²) in [5.74, 6) is -0.298. The Morgan fingerprint density at radius 3 is 2.28 bits per heavy atom. The van der Waals surface area contributed by atoms with Crippen LogP contribution in [-0.2, 0) is 17.3 Å². The summed E-state index contributed by atoms with van der Waals surface area (Å²) in [7, 11) is 1.55. The molecule has 0 saturated carbocycles. The van der Waals surface area contributed by atoms with Crippen molar-refractivity contribution in [3.05, 3.63) is 95.1 Å². The Balaban J connectivity index is 1.48. The maximum Gasteiger partial charge on any atom is 0.416 e. The summed E-state index contributed by atoms with van der Waals surface area (Å²) < 4.78 is 43.6. The molecule has 1 aliphatic rings. The van der Waals surface area contributed by atoms with Gasteiger partial charge in [0.05, 0.1) is 17.7 Å². The van der Waals surface area contributed by atoms with Gasteiger partial charge in [-0.25, -0.2) is 0 Å². The van der Waals surface area contributed by atoms with E-state index in [-0.39, 0.29) is 11.5 Å². The van der Waals surface area contributed by atoms with Crippen molar-refractivity contribution in [1.82, 2.24) is 5.32 Å². The third kappa shape index (κ3) is 7.60. The largest absolute Gasteiger partial charge is 0.416 e. The molecule has 0 radical (unpaired) electrons. The number of nitrogens with one attached hydrogen (secondary N) is 2. The number of anilines is 2. The molecule has 0 aromatic heterocycles. The van der Waals surface area contributed by atoms with Crippen LogP contribution in [0.4, 0.5) is 24.5 Å². The highest BCUT2D eigenvalue weighted by molar-refractivity contribution is 6.06. The van der Waals surface area contributed by atoms with Crippen LogP contribution in [0.2, 0.25) is 0 Å². The van der Waals surface area contributed by atoms with Crippen LogP contribution in [0.3, 0.4) is 0 Å². The first-order valence-corrected chi connectivity index (χ1v) is 12.9. The zero-order valence-electron chi connectivity index (χ0n) is 21.8. The van der Waals surface area contributed by atoms with Crippen LogP contribution in [0.15, 0.2) is 72.8 Å². The van der Waals surface area contributed by atoms with Gasteiger partial charge < -0.3 is 20.3 Å². The third-order valence-electron chi connectivity index (χ3n) is 6.89. The molecule has 0 unspecified atom stereocenters. The van der Waals surface area contributed by atoms with Crippen LogP contribution in [0.25, 0.3) is 0 Å². The molecule has 9 heteroatoms. The molecule has 1 saturated heterocycles. The molecule has 2 N–H and O–H groups in total. The predicted molar refractivity (Wildman–Crippen MR) is 145 cm³/mol.